The predicted molar refractivity (Wildman–Crippen MR) is 144 cm³/mol. The van der Waals surface area contributed by atoms with Crippen LogP contribution in [0.25, 0.3) is 23.0 Å². The van der Waals surface area contributed by atoms with Gasteiger partial charge in [-0.05, 0) is 75.2 Å². The number of ether oxygens (including phenoxy) is 2. The summed E-state index contributed by atoms with van der Waals surface area (Å²) in [5.41, 5.74) is 3.62. The summed E-state index contributed by atoms with van der Waals surface area (Å²) in [6, 6.07) is 19.3. The van der Waals surface area contributed by atoms with Crippen LogP contribution in [0.1, 0.15) is 32.8 Å². The lowest BCUT2D eigenvalue weighted by molar-refractivity contribution is -0.140. The lowest BCUT2D eigenvalue weighted by Crippen LogP contribution is -2.43. The molecule has 194 valence electrons. The van der Waals surface area contributed by atoms with E-state index in [1.165, 1.54) is 0 Å². The van der Waals surface area contributed by atoms with Crippen molar-refractivity contribution in [1.29, 1.82) is 5.26 Å². The maximum Gasteiger partial charge on any atom is 0.271 e. The third kappa shape index (κ3) is 5.58. The molecule has 0 saturated heterocycles. The summed E-state index contributed by atoms with van der Waals surface area (Å²) in [4.78, 5) is 27.5. The molecule has 0 atom stereocenters. The molecule has 8 nitrogen and oxygen atoms in total. The number of para-hydroxylation sites is 1. The second kappa shape index (κ2) is 11.7. The molecule has 0 bridgehead atoms. The molecule has 8 heteroatoms. The number of hydrogen-bond donors (Lipinski definition) is 0. The minimum absolute atomic E-state index is 0.0412. The molecule has 1 aliphatic heterocycles. The number of carbonyl (C=O) groups excluding carboxylic acids is 2. The highest BCUT2D eigenvalue weighted by atomic mass is 16.5. The Hall–Kier alpha value is -4.48. The van der Waals surface area contributed by atoms with Crippen molar-refractivity contribution in [2.24, 2.45) is 0 Å². The van der Waals surface area contributed by atoms with E-state index in [1.54, 1.807) is 24.8 Å². The molecule has 2 aromatic carbocycles. The molecule has 0 fully saturated rings. The van der Waals surface area contributed by atoms with Gasteiger partial charge in [0.15, 0.2) is 0 Å². The van der Waals surface area contributed by atoms with Gasteiger partial charge in [-0.25, -0.2) is 4.68 Å². The summed E-state index contributed by atoms with van der Waals surface area (Å²) in [5.74, 6) is -0.276. The Balaban J connectivity index is 1.83. The monoisotopic (exact) mass is 510 g/mol. The summed E-state index contributed by atoms with van der Waals surface area (Å²) in [7, 11) is 1.56. The number of methoxy groups -OCH3 is 1. The van der Waals surface area contributed by atoms with E-state index in [0.717, 1.165) is 21.9 Å². The number of hydrogen-bond acceptors (Lipinski definition) is 6. The SMILES string of the molecule is COCCCN1C(=O)C(C#N)=C(C)/C(=C\c2cn(-c3ccccc3)nc2-c2ccc(OC(C)C)cc2)C1=O. The summed E-state index contributed by atoms with van der Waals surface area (Å²) in [6.45, 7) is 6.12. The number of nitriles is 1. The number of amides is 2. The molecule has 4 rings (SSSR count). The molecule has 0 unspecified atom stereocenters. The van der Waals surface area contributed by atoms with Crippen molar-refractivity contribution in [3.05, 3.63) is 83.1 Å². The zero-order valence-corrected chi connectivity index (χ0v) is 22.0. The van der Waals surface area contributed by atoms with Crippen LogP contribution in [0.15, 0.2) is 77.5 Å². The van der Waals surface area contributed by atoms with Crippen LogP contribution in [0.2, 0.25) is 0 Å². The maximum atomic E-state index is 13.5. The Labute approximate surface area is 222 Å². The third-order valence-electron chi connectivity index (χ3n) is 6.12. The smallest absolute Gasteiger partial charge is 0.271 e. The van der Waals surface area contributed by atoms with Gasteiger partial charge in [-0.1, -0.05) is 18.2 Å². The van der Waals surface area contributed by atoms with Gasteiger partial charge in [0, 0.05) is 43.2 Å². The number of nitrogens with zero attached hydrogens (tertiary/aromatic N) is 4. The van der Waals surface area contributed by atoms with Crippen LogP contribution in [-0.2, 0) is 14.3 Å². The van der Waals surface area contributed by atoms with E-state index in [0.29, 0.717) is 29.9 Å². The number of rotatable bonds is 9. The molecule has 0 aliphatic carbocycles. The second-order valence-corrected chi connectivity index (χ2v) is 9.18. The van der Waals surface area contributed by atoms with E-state index in [1.807, 2.05) is 80.7 Å². The molecule has 1 aromatic heterocycles. The zero-order valence-electron chi connectivity index (χ0n) is 22.0. The average Bonchev–Trinajstić information content (AvgIpc) is 3.33. The van der Waals surface area contributed by atoms with E-state index >= 15 is 0 Å². The Morgan fingerprint density at radius 2 is 1.76 bits per heavy atom. The lowest BCUT2D eigenvalue weighted by Gasteiger charge is -2.27. The molecule has 0 spiro atoms. The van der Waals surface area contributed by atoms with Crippen molar-refractivity contribution >= 4 is 17.9 Å². The van der Waals surface area contributed by atoms with Crippen molar-refractivity contribution < 1.29 is 19.1 Å². The third-order valence-corrected chi connectivity index (χ3v) is 6.12. The largest absolute Gasteiger partial charge is 0.491 e. The Bertz CT molecular complexity index is 1430. The molecule has 0 saturated carbocycles. The van der Waals surface area contributed by atoms with Crippen LogP contribution in [0.3, 0.4) is 0 Å². The van der Waals surface area contributed by atoms with Crippen LogP contribution in [0.4, 0.5) is 0 Å². The fraction of sp³-hybridized carbons (Fsp3) is 0.267. The molecule has 1 aliphatic rings. The fourth-order valence-corrected chi connectivity index (χ4v) is 4.25. The first kappa shape index (κ1) is 26.6. The molecule has 2 heterocycles. The standard InChI is InChI=1S/C30H30N4O4/c1-20(2)38-25-13-11-22(12-14-25)28-23(19-34(32-28)24-9-6-5-7-10-24)17-26-21(3)27(18-31)30(36)33(29(26)35)15-8-16-37-4/h5-7,9-14,17,19-20H,8,15-16H2,1-4H3/b26-17+. The summed E-state index contributed by atoms with van der Waals surface area (Å²) in [5, 5.41) is 14.6. The van der Waals surface area contributed by atoms with Crippen LogP contribution < -0.4 is 4.74 Å². The van der Waals surface area contributed by atoms with E-state index in [9.17, 15) is 14.9 Å². The average molecular weight is 511 g/mol. The van der Waals surface area contributed by atoms with Gasteiger partial charge >= 0.3 is 0 Å². The van der Waals surface area contributed by atoms with Gasteiger partial charge in [0.2, 0.25) is 0 Å². The van der Waals surface area contributed by atoms with E-state index in [4.69, 9.17) is 14.6 Å². The number of aromatic nitrogens is 2. The van der Waals surface area contributed by atoms with Crippen molar-refractivity contribution in [2.75, 3.05) is 20.3 Å². The van der Waals surface area contributed by atoms with E-state index in [-0.39, 0.29) is 23.8 Å². The van der Waals surface area contributed by atoms with Gasteiger partial charge in [-0.15, -0.1) is 0 Å². The van der Waals surface area contributed by atoms with Gasteiger partial charge in [0.05, 0.1) is 17.5 Å². The van der Waals surface area contributed by atoms with Crippen molar-refractivity contribution in [2.45, 2.75) is 33.3 Å². The first-order chi connectivity index (χ1) is 18.3. The molecule has 0 N–H and O–H groups in total. The Morgan fingerprint density at radius 1 is 1.05 bits per heavy atom. The second-order valence-electron chi connectivity index (χ2n) is 9.18. The maximum absolute atomic E-state index is 13.5. The van der Waals surface area contributed by atoms with Crippen molar-refractivity contribution in [3.63, 3.8) is 0 Å². The van der Waals surface area contributed by atoms with Gasteiger partial charge in [0.25, 0.3) is 11.8 Å². The molecule has 38 heavy (non-hydrogen) atoms. The molecular weight excluding hydrogens is 480 g/mol. The molecule has 3 aromatic rings. The highest BCUT2D eigenvalue weighted by Gasteiger charge is 2.35. The Morgan fingerprint density at radius 3 is 2.39 bits per heavy atom. The van der Waals surface area contributed by atoms with E-state index < -0.39 is 11.8 Å². The van der Waals surface area contributed by atoms with Gasteiger partial charge in [-0.2, -0.15) is 10.4 Å². The summed E-state index contributed by atoms with van der Waals surface area (Å²) in [6.07, 6.45) is 4.08. The topological polar surface area (TPSA) is 97.5 Å². The predicted octanol–water partition coefficient (Wildman–Crippen LogP) is 4.96. The minimum Gasteiger partial charge on any atom is -0.491 e. The summed E-state index contributed by atoms with van der Waals surface area (Å²) >= 11 is 0. The van der Waals surface area contributed by atoms with Gasteiger partial charge < -0.3 is 9.47 Å². The highest BCUT2D eigenvalue weighted by Crippen LogP contribution is 2.32. The number of imide groups is 1. The zero-order chi connectivity index (χ0) is 27.2. The van der Waals surface area contributed by atoms with Crippen LogP contribution in [0.5, 0.6) is 5.75 Å². The highest BCUT2D eigenvalue weighted by molar-refractivity contribution is 6.19. The normalized spacial score (nSPS) is 14.9. The lowest BCUT2D eigenvalue weighted by atomic mass is 9.93. The fourth-order valence-electron chi connectivity index (χ4n) is 4.25. The molecule has 0 radical (unpaired) electrons. The van der Waals surface area contributed by atoms with Crippen LogP contribution >= 0.6 is 0 Å². The quantitative estimate of drug-likeness (QED) is 0.229. The summed E-state index contributed by atoms with van der Waals surface area (Å²) < 4.78 is 12.6. The Kier molecular flexibility index (Phi) is 8.19. The molecule has 2 amide bonds. The van der Waals surface area contributed by atoms with Crippen LogP contribution in [0, 0.1) is 11.3 Å². The molecular formula is C30H30N4O4. The first-order valence-electron chi connectivity index (χ1n) is 12.4. The first-order valence-corrected chi connectivity index (χ1v) is 12.4. The van der Waals surface area contributed by atoms with Crippen molar-refractivity contribution in [3.8, 4) is 28.8 Å². The van der Waals surface area contributed by atoms with Crippen LogP contribution in [-0.4, -0.2) is 52.9 Å². The van der Waals surface area contributed by atoms with Crippen molar-refractivity contribution in [1.82, 2.24) is 14.7 Å². The number of carbonyl (C=O) groups is 2. The number of benzene rings is 2. The minimum atomic E-state index is -0.579. The van der Waals surface area contributed by atoms with E-state index in [2.05, 4.69) is 0 Å². The van der Waals surface area contributed by atoms with Gasteiger partial charge in [0.1, 0.15) is 17.4 Å². The van der Waals surface area contributed by atoms with Gasteiger partial charge in [-0.3, -0.25) is 14.5 Å².